The van der Waals surface area contributed by atoms with Crippen LogP contribution in [0.5, 0.6) is 0 Å². The highest BCUT2D eigenvalue weighted by Gasteiger charge is 2.40. The molecule has 0 aromatic rings. The first-order valence-corrected chi connectivity index (χ1v) is 3.81. The largest absolute Gasteiger partial charge is 0.389 e. The van der Waals surface area contributed by atoms with Crippen molar-refractivity contribution in [2.75, 3.05) is 0 Å². The maximum absolute atomic E-state index is 9.21. The van der Waals surface area contributed by atoms with E-state index < -0.39 is 30.0 Å². The van der Waals surface area contributed by atoms with Gasteiger partial charge in [-0.25, -0.2) is 0 Å². The van der Waals surface area contributed by atoms with Gasteiger partial charge in [0, 0.05) is 0 Å². The minimum absolute atomic E-state index is 0.545. The second-order valence-electron chi connectivity index (χ2n) is 2.66. The van der Waals surface area contributed by atoms with Crippen LogP contribution in [-0.2, 0) is 4.74 Å². The summed E-state index contributed by atoms with van der Waals surface area (Å²) < 4.78 is 4.75. The first kappa shape index (κ1) is 9.22. The van der Waals surface area contributed by atoms with Gasteiger partial charge in [-0.15, -0.1) is 11.6 Å². The summed E-state index contributed by atoms with van der Waals surface area (Å²) in [5, 5.41) is 26.4. The Labute approximate surface area is 69.4 Å². The zero-order valence-corrected chi connectivity index (χ0v) is 6.77. The molecular formula is C6H11ClO4. The molecule has 0 aromatic carbocycles. The summed E-state index contributed by atoms with van der Waals surface area (Å²) in [7, 11) is 0. The number of rotatable bonds is 0. The van der Waals surface area contributed by atoms with Crippen molar-refractivity contribution in [3.05, 3.63) is 0 Å². The number of hydrogen-bond donors (Lipinski definition) is 3. The van der Waals surface area contributed by atoms with Crippen LogP contribution in [0.3, 0.4) is 0 Å². The smallest absolute Gasteiger partial charge is 0.182 e. The molecule has 66 valence electrons. The molecule has 4 nitrogen and oxygen atoms in total. The van der Waals surface area contributed by atoms with Crippen LogP contribution in [0.2, 0.25) is 0 Å². The first-order valence-electron chi connectivity index (χ1n) is 3.37. The van der Waals surface area contributed by atoms with E-state index in [9.17, 15) is 5.11 Å². The highest BCUT2D eigenvalue weighted by atomic mass is 35.5. The predicted molar refractivity (Wildman–Crippen MR) is 38.2 cm³/mol. The minimum Gasteiger partial charge on any atom is -0.389 e. The van der Waals surface area contributed by atoms with Crippen LogP contribution < -0.4 is 0 Å². The lowest BCUT2D eigenvalue weighted by Crippen LogP contribution is -2.54. The summed E-state index contributed by atoms with van der Waals surface area (Å²) in [5.74, 6) is 0. The standard InChI is InChI=1S/C6H11ClO4/c1-2-4(8)3(7)5(9)6(10)11-2/h2-6,8-10H,1H3/t2-,3-,4+,5-,6-/m0/s1. The highest BCUT2D eigenvalue weighted by Crippen LogP contribution is 2.23. The number of halogens is 1. The lowest BCUT2D eigenvalue weighted by molar-refractivity contribution is -0.238. The van der Waals surface area contributed by atoms with Gasteiger partial charge in [-0.1, -0.05) is 0 Å². The maximum Gasteiger partial charge on any atom is 0.182 e. The lowest BCUT2D eigenvalue weighted by Gasteiger charge is -2.36. The molecule has 0 spiro atoms. The maximum atomic E-state index is 9.21. The predicted octanol–water partition coefficient (Wildman–Crippen LogP) is -0.947. The molecule has 1 heterocycles. The molecule has 5 heteroatoms. The van der Waals surface area contributed by atoms with E-state index in [0.717, 1.165) is 0 Å². The number of hydrogen-bond acceptors (Lipinski definition) is 4. The summed E-state index contributed by atoms with van der Waals surface area (Å²) in [6.45, 7) is 1.58. The first-order chi connectivity index (χ1) is 5.04. The van der Waals surface area contributed by atoms with Crippen LogP contribution in [-0.4, -0.2) is 45.3 Å². The van der Waals surface area contributed by atoms with Crippen molar-refractivity contribution in [3.63, 3.8) is 0 Å². The summed E-state index contributed by atoms with van der Waals surface area (Å²) in [6.07, 6.45) is -4.00. The molecule has 0 aromatic heterocycles. The molecule has 0 saturated carbocycles. The molecule has 1 saturated heterocycles. The van der Waals surface area contributed by atoms with E-state index in [2.05, 4.69) is 0 Å². The molecular weight excluding hydrogens is 172 g/mol. The topological polar surface area (TPSA) is 69.9 Å². The van der Waals surface area contributed by atoms with Crippen LogP contribution in [0.1, 0.15) is 6.92 Å². The van der Waals surface area contributed by atoms with E-state index in [1.807, 2.05) is 0 Å². The zero-order chi connectivity index (χ0) is 8.59. The second-order valence-corrected chi connectivity index (χ2v) is 3.16. The lowest BCUT2D eigenvalue weighted by atomic mass is 10.0. The Morgan fingerprint density at radius 2 is 1.73 bits per heavy atom. The van der Waals surface area contributed by atoms with Crippen LogP contribution >= 0.6 is 11.6 Å². The Bertz CT molecular complexity index is 129. The number of aliphatic hydroxyl groups excluding tert-OH is 3. The van der Waals surface area contributed by atoms with E-state index in [-0.39, 0.29) is 0 Å². The molecule has 0 radical (unpaired) electrons. The van der Waals surface area contributed by atoms with Crippen molar-refractivity contribution in [1.29, 1.82) is 0 Å². The van der Waals surface area contributed by atoms with Gasteiger partial charge < -0.3 is 20.1 Å². The van der Waals surface area contributed by atoms with Gasteiger partial charge in [0.05, 0.1) is 17.6 Å². The summed E-state index contributed by atoms with van der Waals surface area (Å²) in [5.41, 5.74) is 0. The normalized spacial score (nSPS) is 52.6. The third-order valence-corrected chi connectivity index (χ3v) is 2.30. The molecule has 5 atom stereocenters. The molecule has 1 aliphatic heterocycles. The summed E-state index contributed by atoms with van der Waals surface area (Å²) in [6, 6.07) is 0. The number of alkyl halides is 1. The van der Waals surface area contributed by atoms with Crippen molar-refractivity contribution in [3.8, 4) is 0 Å². The van der Waals surface area contributed by atoms with Gasteiger partial charge in [0.1, 0.15) is 6.10 Å². The van der Waals surface area contributed by atoms with Gasteiger partial charge in [-0.3, -0.25) is 0 Å². The van der Waals surface area contributed by atoms with Crippen molar-refractivity contribution in [2.24, 2.45) is 0 Å². The highest BCUT2D eigenvalue weighted by molar-refractivity contribution is 6.21. The average molecular weight is 183 g/mol. The third kappa shape index (κ3) is 1.65. The Morgan fingerprint density at radius 1 is 1.18 bits per heavy atom. The fourth-order valence-electron chi connectivity index (χ4n) is 0.999. The van der Waals surface area contributed by atoms with Crippen LogP contribution in [0.4, 0.5) is 0 Å². The molecule has 1 rings (SSSR count). The van der Waals surface area contributed by atoms with Gasteiger partial charge in [0.15, 0.2) is 6.29 Å². The molecule has 1 aliphatic rings. The van der Waals surface area contributed by atoms with E-state index in [0.29, 0.717) is 0 Å². The average Bonchev–Trinajstić information content (AvgIpc) is 1.97. The summed E-state index contributed by atoms with van der Waals surface area (Å²) >= 11 is 5.57. The third-order valence-electron chi connectivity index (χ3n) is 1.78. The van der Waals surface area contributed by atoms with Gasteiger partial charge in [0.25, 0.3) is 0 Å². The fraction of sp³-hybridized carbons (Fsp3) is 1.00. The van der Waals surface area contributed by atoms with Gasteiger partial charge in [0.2, 0.25) is 0 Å². The van der Waals surface area contributed by atoms with Gasteiger partial charge in [-0.05, 0) is 6.92 Å². The van der Waals surface area contributed by atoms with E-state index in [1.54, 1.807) is 6.92 Å². The monoisotopic (exact) mass is 182 g/mol. The number of ether oxygens (including phenoxy) is 1. The SMILES string of the molecule is C[C@@H]1O[C@H](O)[C@@H](O)[C@@H](Cl)[C@@H]1O. The van der Waals surface area contributed by atoms with Crippen molar-refractivity contribution < 1.29 is 20.1 Å². The van der Waals surface area contributed by atoms with Crippen LogP contribution in [0.15, 0.2) is 0 Å². The molecule has 0 aliphatic carbocycles. The van der Waals surface area contributed by atoms with Crippen molar-refractivity contribution in [1.82, 2.24) is 0 Å². The Morgan fingerprint density at radius 3 is 2.27 bits per heavy atom. The minimum atomic E-state index is -1.30. The second kappa shape index (κ2) is 3.25. The Balaban J connectivity index is 2.63. The molecule has 0 unspecified atom stereocenters. The molecule has 0 bridgehead atoms. The van der Waals surface area contributed by atoms with E-state index in [1.165, 1.54) is 0 Å². The number of aliphatic hydroxyl groups is 3. The molecule has 0 amide bonds. The van der Waals surface area contributed by atoms with Crippen LogP contribution in [0.25, 0.3) is 0 Å². The molecule has 3 N–H and O–H groups in total. The quantitative estimate of drug-likeness (QED) is 0.423. The van der Waals surface area contributed by atoms with E-state index >= 15 is 0 Å². The van der Waals surface area contributed by atoms with E-state index in [4.69, 9.17) is 26.6 Å². The van der Waals surface area contributed by atoms with Crippen molar-refractivity contribution >= 4 is 11.6 Å². The Kier molecular flexibility index (Phi) is 2.72. The van der Waals surface area contributed by atoms with Gasteiger partial charge in [-0.2, -0.15) is 0 Å². The van der Waals surface area contributed by atoms with Crippen LogP contribution in [0, 0.1) is 0 Å². The fourth-order valence-corrected chi connectivity index (χ4v) is 1.33. The van der Waals surface area contributed by atoms with Crippen molar-refractivity contribution in [2.45, 2.75) is 36.9 Å². The molecule has 11 heavy (non-hydrogen) atoms. The summed E-state index contributed by atoms with van der Waals surface area (Å²) in [4.78, 5) is 0. The molecule has 1 fully saturated rings. The zero-order valence-electron chi connectivity index (χ0n) is 6.01. The Hall–Kier alpha value is 0.130. The van der Waals surface area contributed by atoms with Gasteiger partial charge >= 0.3 is 0 Å².